The van der Waals surface area contributed by atoms with Crippen LogP contribution >= 0.6 is 15.9 Å². The quantitative estimate of drug-likeness (QED) is 0.878. The maximum atomic E-state index is 3.71. The Kier molecular flexibility index (Phi) is 5.36. The van der Waals surface area contributed by atoms with Crippen molar-refractivity contribution in [3.05, 3.63) is 34.3 Å². The fourth-order valence-electron chi connectivity index (χ4n) is 4.04. The van der Waals surface area contributed by atoms with Gasteiger partial charge < -0.3 is 5.32 Å². The number of nitrogens with one attached hydrogen (secondary N) is 1. The molecule has 21 heavy (non-hydrogen) atoms. The second-order valence-corrected chi connectivity index (χ2v) is 7.75. The van der Waals surface area contributed by atoms with Gasteiger partial charge in [0.2, 0.25) is 0 Å². The lowest BCUT2D eigenvalue weighted by Gasteiger charge is -2.44. The first kappa shape index (κ1) is 15.5. The fourth-order valence-corrected chi connectivity index (χ4v) is 4.48. The molecule has 0 bridgehead atoms. The second-order valence-electron chi connectivity index (χ2n) is 6.83. The molecule has 2 atom stereocenters. The summed E-state index contributed by atoms with van der Waals surface area (Å²) in [7, 11) is 0. The van der Waals surface area contributed by atoms with E-state index in [0.717, 1.165) is 18.5 Å². The van der Waals surface area contributed by atoms with E-state index in [-0.39, 0.29) is 0 Å². The molecule has 1 N–H and O–H groups in total. The Balaban J connectivity index is 1.71. The molecule has 1 saturated carbocycles. The van der Waals surface area contributed by atoms with Crippen molar-refractivity contribution < 1.29 is 0 Å². The third-order valence-corrected chi connectivity index (χ3v) is 5.61. The Morgan fingerprint density at radius 3 is 2.81 bits per heavy atom. The summed E-state index contributed by atoms with van der Waals surface area (Å²) >= 11 is 3.60. The van der Waals surface area contributed by atoms with Crippen molar-refractivity contribution in [2.24, 2.45) is 5.92 Å². The molecule has 0 amide bonds. The smallest absolute Gasteiger partial charge is 0.0253 e. The van der Waals surface area contributed by atoms with Crippen LogP contribution in [-0.4, -0.2) is 30.1 Å². The minimum absolute atomic E-state index is 0.608. The summed E-state index contributed by atoms with van der Waals surface area (Å²) in [4.78, 5) is 2.74. The van der Waals surface area contributed by atoms with Gasteiger partial charge in [0.1, 0.15) is 0 Å². The number of benzene rings is 1. The highest BCUT2D eigenvalue weighted by atomic mass is 79.9. The van der Waals surface area contributed by atoms with Crippen LogP contribution in [0.1, 0.15) is 44.6 Å². The normalized spacial score (nSPS) is 28.7. The fraction of sp³-hybridized carbons (Fsp3) is 0.667. The zero-order valence-corrected chi connectivity index (χ0v) is 14.6. The molecule has 1 aliphatic carbocycles. The van der Waals surface area contributed by atoms with Gasteiger partial charge in [0.25, 0.3) is 0 Å². The molecule has 1 aromatic carbocycles. The van der Waals surface area contributed by atoms with Crippen molar-refractivity contribution in [3.8, 4) is 0 Å². The molecule has 1 saturated heterocycles. The van der Waals surface area contributed by atoms with E-state index in [1.807, 2.05) is 0 Å². The van der Waals surface area contributed by atoms with Crippen molar-refractivity contribution in [2.75, 3.05) is 13.1 Å². The van der Waals surface area contributed by atoms with Gasteiger partial charge in [-0.3, -0.25) is 4.90 Å². The van der Waals surface area contributed by atoms with Crippen LogP contribution in [0.5, 0.6) is 0 Å². The van der Waals surface area contributed by atoms with Crippen LogP contribution in [0, 0.1) is 5.92 Å². The van der Waals surface area contributed by atoms with Crippen LogP contribution in [0.25, 0.3) is 0 Å². The number of piperazine rings is 1. The molecule has 0 spiro atoms. The summed E-state index contributed by atoms with van der Waals surface area (Å²) in [5.41, 5.74) is 1.43. The molecule has 3 heteroatoms. The molecule has 3 rings (SSSR count). The third-order valence-electron chi connectivity index (χ3n) is 5.12. The Morgan fingerprint density at radius 2 is 2.05 bits per heavy atom. The Morgan fingerprint density at radius 1 is 1.24 bits per heavy atom. The first-order valence-corrected chi connectivity index (χ1v) is 9.23. The number of halogens is 1. The monoisotopic (exact) mass is 350 g/mol. The summed E-state index contributed by atoms with van der Waals surface area (Å²) in [6, 6.07) is 10.1. The summed E-state index contributed by atoms with van der Waals surface area (Å²) in [5, 5.41) is 3.71. The SMILES string of the molecule is CC1CN(Cc2cccc(Br)c2)C(C2CCCCC2)CN1. The van der Waals surface area contributed by atoms with E-state index in [0.29, 0.717) is 6.04 Å². The van der Waals surface area contributed by atoms with Gasteiger partial charge in [0.15, 0.2) is 0 Å². The van der Waals surface area contributed by atoms with Crippen LogP contribution in [0.4, 0.5) is 0 Å². The van der Waals surface area contributed by atoms with E-state index in [2.05, 4.69) is 57.3 Å². The van der Waals surface area contributed by atoms with Gasteiger partial charge in [-0.05, 0) is 43.4 Å². The predicted octanol–water partition coefficient (Wildman–Crippen LogP) is 4.19. The molecule has 1 aliphatic heterocycles. The predicted molar refractivity (Wildman–Crippen MR) is 92.4 cm³/mol. The topological polar surface area (TPSA) is 15.3 Å². The summed E-state index contributed by atoms with van der Waals surface area (Å²) in [5.74, 6) is 0.894. The van der Waals surface area contributed by atoms with Crippen LogP contribution in [0.3, 0.4) is 0 Å². The van der Waals surface area contributed by atoms with E-state index in [4.69, 9.17) is 0 Å². The Bertz CT molecular complexity index is 456. The highest BCUT2D eigenvalue weighted by Gasteiger charge is 2.32. The van der Waals surface area contributed by atoms with Crippen LogP contribution in [-0.2, 0) is 6.54 Å². The third kappa shape index (κ3) is 4.08. The lowest BCUT2D eigenvalue weighted by atomic mass is 9.82. The lowest BCUT2D eigenvalue weighted by molar-refractivity contribution is 0.0689. The molecular formula is C18H27BrN2. The van der Waals surface area contributed by atoms with Crippen LogP contribution in [0.2, 0.25) is 0 Å². The largest absolute Gasteiger partial charge is 0.311 e. The average molecular weight is 351 g/mol. The number of hydrogen-bond donors (Lipinski definition) is 1. The van der Waals surface area contributed by atoms with E-state index >= 15 is 0 Å². The Labute approximate surface area is 137 Å². The molecule has 1 aromatic rings. The lowest BCUT2D eigenvalue weighted by Crippen LogP contribution is -2.57. The second kappa shape index (κ2) is 7.26. The van der Waals surface area contributed by atoms with Gasteiger partial charge in [0, 0.05) is 36.2 Å². The van der Waals surface area contributed by atoms with E-state index in [1.54, 1.807) is 0 Å². The van der Waals surface area contributed by atoms with E-state index < -0.39 is 0 Å². The summed E-state index contributed by atoms with van der Waals surface area (Å²) in [6.07, 6.45) is 7.16. The molecule has 116 valence electrons. The van der Waals surface area contributed by atoms with Crippen molar-refractivity contribution in [2.45, 2.75) is 57.7 Å². The van der Waals surface area contributed by atoms with Crippen molar-refractivity contribution in [3.63, 3.8) is 0 Å². The maximum Gasteiger partial charge on any atom is 0.0253 e. The summed E-state index contributed by atoms with van der Waals surface area (Å²) in [6.45, 7) is 5.74. The zero-order valence-electron chi connectivity index (χ0n) is 13.0. The van der Waals surface area contributed by atoms with Crippen molar-refractivity contribution in [1.29, 1.82) is 0 Å². The molecule has 2 aliphatic rings. The minimum atomic E-state index is 0.608. The molecule has 2 unspecified atom stereocenters. The molecule has 2 nitrogen and oxygen atoms in total. The molecular weight excluding hydrogens is 324 g/mol. The standard InChI is InChI=1S/C18H27BrN2/c1-14-12-21(13-15-6-5-9-17(19)10-15)18(11-20-14)16-7-3-2-4-8-16/h5-6,9-10,14,16,18,20H,2-4,7-8,11-13H2,1H3. The Hall–Kier alpha value is -0.380. The van der Waals surface area contributed by atoms with Gasteiger partial charge in [-0.15, -0.1) is 0 Å². The average Bonchev–Trinajstić information content (AvgIpc) is 2.48. The van der Waals surface area contributed by atoms with Crippen molar-refractivity contribution >= 4 is 15.9 Å². The molecule has 0 aromatic heterocycles. The molecule has 2 fully saturated rings. The number of nitrogens with zero attached hydrogens (tertiary/aromatic N) is 1. The first-order chi connectivity index (χ1) is 10.2. The van der Waals surface area contributed by atoms with Gasteiger partial charge >= 0.3 is 0 Å². The molecule has 1 heterocycles. The van der Waals surface area contributed by atoms with Crippen molar-refractivity contribution in [1.82, 2.24) is 10.2 Å². The van der Waals surface area contributed by atoms with Gasteiger partial charge in [-0.2, -0.15) is 0 Å². The van der Waals surface area contributed by atoms with Gasteiger partial charge in [-0.1, -0.05) is 47.3 Å². The first-order valence-electron chi connectivity index (χ1n) is 8.44. The molecule has 0 radical (unpaired) electrons. The minimum Gasteiger partial charge on any atom is -0.311 e. The number of rotatable bonds is 3. The van der Waals surface area contributed by atoms with Crippen LogP contribution in [0.15, 0.2) is 28.7 Å². The number of hydrogen-bond acceptors (Lipinski definition) is 2. The van der Waals surface area contributed by atoms with E-state index in [1.165, 1.54) is 55.2 Å². The van der Waals surface area contributed by atoms with Crippen LogP contribution < -0.4 is 5.32 Å². The van der Waals surface area contributed by atoms with E-state index in [9.17, 15) is 0 Å². The van der Waals surface area contributed by atoms with Gasteiger partial charge in [0.05, 0.1) is 0 Å². The van der Waals surface area contributed by atoms with Gasteiger partial charge in [-0.25, -0.2) is 0 Å². The maximum absolute atomic E-state index is 3.71. The summed E-state index contributed by atoms with van der Waals surface area (Å²) < 4.78 is 1.19. The highest BCUT2D eigenvalue weighted by Crippen LogP contribution is 2.31. The highest BCUT2D eigenvalue weighted by molar-refractivity contribution is 9.10. The zero-order chi connectivity index (χ0) is 14.7.